The number of amides is 2. The van der Waals surface area contributed by atoms with Gasteiger partial charge < -0.3 is 20.1 Å². The highest BCUT2D eigenvalue weighted by Crippen LogP contribution is 2.29. The van der Waals surface area contributed by atoms with Gasteiger partial charge in [0.05, 0.1) is 11.0 Å². The molecule has 0 aromatic carbocycles. The highest BCUT2D eigenvalue weighted by Gasteiger charge is 2.42. The minimum Gasteiger partial charge on any atom is -0.481 e. The number of likely N-dealkylation sites (tertiary alicyclic amines) is 1. The van der Waals surface area contributed by atoms with Gasteiger partial charge in [0.15, 0.2) is 0 Å². The van der Waals surface area contributed by atoms with E-state index in [0.29, 0.717) is 26.1 Å². The first-order valence-electron chi connectivity index (χ1n) is 6.60. The summed E-state index contributed by atoms with van der Waals surface area (Å²) in [5, 5.41) is 11.9. The third-order valence-corrected chi connectivity index (χ3v) is 3.48. The van der Waals surface area contributed by atoms with Crippen molar-refractivity contribution in [2.45, 2.75) is 39.7 Å². The zero-order chi connectivity index (χ0) is 14.7. The van der Waals surface area contributed by atoms with Crippen LogP contribution in [0.4, 0.5) is 4.79 Å². The molecule has 6 nitrogen and oxygen atoms in total. The Morgan fingerprint density at radius 2 is 2.11 bits per heavy atom. The molecule has 1 heterocycles. The number of urea groups is 1. The molecule has 1 aliphatic rings. The predicted molar refractivity (Wildman–Crippen MR) is 71.0 cm³/mol. The fourth-order valence-corrected chi connectivity index (χ4v) is 2.15. The number of nitrogens with zero attached hydrogens (tertiary/aromatic N) is 1. The molecule has 1 aliphatic heterocycles. The molecule has 0 aromatic heterocycles. The number of carbonyl (C=O) groups excluding carboxylic acids is 1. The van der Waals surface area contributed by atoms with Crippen molar-refractivity contribution < 1.29 is 19.4 Å². The van der Waals surface area contributed by atoms with Gasteiger partial charge in [0.2, 0.25) is 0 Å². The van der Waals surface area contributed by atoms with Crippen LogP contribution in [0, 0.1) is 5.41 Å². The highest BCUT2D eigenvalue weighted by atomic mass is 16.5. The Hall–Kier alpha value is -1.30. The SMILES string of the molecule is CCOC(C)(C)CNC(=O)N1CCC(C)(C(=O)O)C1. The summed E-state index contributed by atoms with van der Waals surface area (Å²) in [6.07, 6.45) is 0.491. The van der Waals surface area contributed by atoms with Crippen LogP contribution in [0.2, 0.25) is 0 Å². The van der Waals surface area contributed by atoms with E-state index in [1.165, 1.54) is 0 Å². The number of hydrogen-bond donors (Lipinski definition) is 2. The maximum atomic E-state index is 12.0. The van der Waals surface area contributed by atoms with Gasteiger partial charge in [-0.25, -0.2) is 4.79 Å². The van der Waals surface area contributed by atoms with Crippen molar-refractivity contribution in [3.05, 3.63) is 0 Å². The fraction of sp³-hybridized carbons (Fsp3) is 0.846. The Bertz CT molecular complexity index is 357. The van der Waals surface area contributed by atoms with E-state index >= 15 is 0 Å². The zero-order valence-electron chi connectivity index (χ0n) is 12.2. The van der Waals surface area contributed by atoms with Crippen LogP contribution in [0.5, 0.6) is 0 Å². The first-order valence-corrected chi connectivity index (χ1v) is 6.60. The van der Waals surface area contributed by atoms with E-state index in [9.17, 15) is 9.59 Å². The van der Waals surface area contributed by atoms with E-state index in [0.717, 1.165) is 0 Å². The number of carboxylic acids is 1. The molecule has 0 bridgehead atoms. The van der Waals surface area contributed by atoms with Crippen LogP contribution in [0.25, 0.3) is 0 Å². The average Bonchev–Trinajstić information content (AvgIpc) is 2.70. The topological polar surface area (TPSA) is 78.9 Å². The minimum absolute atomic E-state index is 0.224. The smallest absolute Gasteiger partial charge is 0.317 e. The van der Waals surface area contributed by atoms with Gasteiger partial charge in [-0.2, -0.15) is 0 Å². The molecule has 1 atom stereocenters. The lowest BCUT2D eigenvalue weighted by molar-refractivity contribution is -0.147. The second kappa shape index (κ2) is 5.77. The van der Waals surface area contributed by atoms with Crippen molar-refractivity contribution in [1.82, 2.24) is 10.2 Å². The summed E-state index contributed by atoms with van der Waals surface area (Å²) in [5.41, 5.74) is -1.24. The molecule has 19 heavy (non-hydrogen) atoms. The highest BCUT2D eigenvalue weighted by molar-refractivity contribution is 5.79. The van der Waals surface area contributed by atoms with E-state index in [-0.39, 0.29) is 12.6 Å². The van der Waals surface area contributed by atoms with Gasteiger partial charge in [-0.3, -0.25) is 4.79 Å². The molecular weight excluding hydrogens is 248 g/mol. The number of rotatable bonds is 5. The summed E-state index contributed by atoms with van der Waals surface area (Å²) in [6, 6.07) is -0.224. The average molecular weight is 272 g/mol. The number of nitrogens with one attached hydrogen (secondary N) is 1. The standard InChI is InChI=1S/C13H24N2O4/c1-5-19-12(2,3)8-14-11(18)15-7-6-13(4,9-15)10(16)17/h5-9H2,1-4H3,(H,14,18)(H,16,17). The third-order valence-electron chi connectivity index (χ3n) is 3.48. The normalized spacial score (nSPS) is 23.5. The molecule has 0 radical (unpaired) electrons. The van der Waals surface area contributed by atoms with Gasteiger partial charge >= 0.3 is 12.0 Å². The number of carbonyl (C=O) groups is 2. The molecule has 1 rings (SSSR count). The summed E-state index contributed by atoms with van der Waals surface area (Å²) in [6.45, 7) is 9.11. The van der Waals surface area contributed by atoms with E-state index in [1.807, 2.05) is 20.8 Å². The van der Waals surface area contributed by atoms with Crippen molar-refractivity contribution >= 4 is 12.0 Å². The van der Waals surface area contributed by atoms with E-state index in [1.54, 1.807) is 11.8 Å². The first kappa shape index (κ1) is 15.8. The Morgan fingerprint density at radius 3 is 2.58 bits per heavy atom. The maximum absolute atomic E-state index is 12.0. The molecule has 0 spiro atoms. The second-order valence-electron chi connectivity index (χ2n) is 5.89. The van der Waals surface area contributed by atoms with E-state index in [2.05, 4.69) is 5.32 Å². The molecule has 2 N–H and O–H groups in total. The summed E-state index contributed by atoms with van der Waals surface area (Å²) < 4.78 is 5.49. The van der Waals surface area contributed by atoms with Gasteiger partial charge in [-0.1, -0.05) is 0 Å². The maximum Gasteiger partial charge on any atom is 0.317 e. The predicted octanol–water partition coefficient (Wildman–Crippen LogP) is 1.31. The van der Waals surface area contributed by atoms with Crippen molar-refractivity contribution in [3.63, 3.8) is 0 Å². The van der Waals surface area contributed by atoms with Gasteiger partial charge in [0, 0.05) is 26.2 Å². The van der Waals surface area contributed by atoms with Crippen molar-refractivity contribution in [3.8, 4) is 0 Å². The summed E-state index contributed by atoms with van der Waals surface area (Å²) >= 11 is 0. The van der Waals surface area contributed by atoms with Crippen LogP contribution in [0.3, 0.4) is 0 Å². The third kappa shape index (κ3) is 4.09. The molecule has 1 fully saturated rings. The van der Waals surface area contributed by atoms with Crippen LogP contribution < -0.4 is 5.32 Å². The lowest BCUT2D eigenvalue weighted by Crippen LogP contribution is -2.46. The molecule has 2 amide bonds. The summed E-state index contributed by atoms with van der Waals surface area (Å²) in [7, 11) is 0. The molecule has 1 unspecified atom stereocenters. The van der Waals surface area contributed by atoms with E-state index < -0.39 is 17.0 Å². The van der Waals surface area contributed by atoms with Gasteiger partial charge in [-0.15, -0.1) is 0 Å². The Morgan fingerprint density at radius 1 is 1.47 bits per heavy atom. The van der Waals surface area contributed by atoms with Crippen molar-refractivity contribution in [2.24, 2.45) is 5.41 Å². The minimum atomic E-state index is -0.850. The van der Waals surface area contributed by atoms with Crippen LogP contribution in [0.1, 0.15) is 34.1 Å². The number of aliphatic carboxylic acids is 1. The quantitative estimate of drug-likeness (QED) is 0.791. The first-order chi connectivity index (χ1) is 8.70. The summed E-state index contributed by atoms with van der Waals surface area (Å²) in [4.78, 5) is 24.6. The molecule has 0 aromatic rings. The van der Waals surface area contributed by atoms with Crippen molar-refractivity contribution in [2.75, 3.05) is 26.2 Å². The van der Waals surface area contributed by atoms with Crippen LogP contribution >= 0.6 is 0 Å². The largest absolute Gasteiger partial charge is 0.481 e. The Kier molecular flexibility index (Phi) is 4.79. The monoisotopic (exact) mass is 272 g/mol. The van der Waals surface area contributed by atoms with Crippen LogP contribution in [0.15, 0.2) is 0 Å². The molecule has 1 saturated heterocycles. The van der Waals surface area contributed by atoms with Crippen LogP contribution in [-0.2, 0) is 9.53 Å². The van der Waals surface area contributed by atoms with Crippen molar-refractivity contribution in [1.29, 1.82) is 0 Å². The number of hydrogen-bond acceptors (Lipinski definition) is 3. The number of carboxylic acid groups (broad SMARTS) is 1. The Balaban J connectivity index is 2.46. The van der Waals surface area contributed by atoms with Crippen LogP contribution in [-0.4, -0.2) is 53.8 Å². The summed E-state index contributed by atoms with van der Waals surface area (Å²) in [5.74, 6) is -0.850. The molecule has 6 heteroatoms. The van der Waals surface area contributed by atoms with Gasteiger partial charge in [0.25, 0.3) is 0 Å². The molecule has 0 aliphatic carbocycles. The van der Waals surface area contributed by atoms with Gasteiger partial charge in [-0.05, 0) is 34.1 Å². The van der Waals surface area contributed by atoms with E-state index in [4.69, 9.17) is 9.84 Å². The molecular formula is C13H24N2O4. The Labute approximate surface area is 114 Å². The lowest BCUT2D eigenvalue weighted by atomic mass is 9.90. The van der Waals surface area contributed by atoms with Gasteiger partial charge in [0.1, 0.15) is 0 Å². The molecule has 110 valence electrons. The number of ether oxygens (including phenoxy) is 1. The lowest BCUT2D eigenvalue weighted by Gasteiger charge is -2.27. The fourth-order valence-electron chi connectivity index (χ4n) is 2.15. The second-order valence-corrected chi connectivity index (χ2v) is 5.89. The zero-order valence-corrected chi connectivity index (χ0v) is 12.2. The molecule has 0 saturated carbocycles.